The molecule has 1 heterocycles. The van der Waals surface area contributed by atoms with E-state index in [-0.39, 0.29) is 11.5 Å². The first-order valence-electron chi connectivity index (χ1n) is 11.4. The molecule has 5 nitrogen and oxygen atoms in total. The van der Waals surface area contributed by atoms with Gasteiger partial charge in [0.25, 0.3) is 0 Å². The van der Waals surface area contributed by atoms with E-state index in [0.29, 0.717) is 17.5 Å². The zero-order valence-corrected chi connectivity index (χ0v) is 23.0. The predicted octanol–water partition coefficient (Wildman–Crippen LogP) is 5.88. The van der Waals surface area contributed by atoms with Crippen LogP contribution in [0.4, 0.5) is 0 Å². The van der Waals surface area contributed by atoms with Crippen molar-refractivity contribution >= 4 is 55.6 Å². The zero-order valence-electron chi connectivity index (χ0n) is 19.8. The van der Waals surface area contributed by atoms with Crippen molar-refractivity contribution in [2.75, 3.05) is 7.05 Å². The fraction of sp³-hybridized carbons (Fsp3) is 0.0667. The molecular weight excluding hydrogens is 598 g/mol. The molecule has 0 atom stereocenters. The smallest absolute Gasteiger partial charge is 0.343 e. The molecule has 0 fully saturated rings. The van der Waals surface area contributed by atoms with Crippen LogP contribution in [0.25, 0.3) is 11.8 Å². The number of hydrogen-bond acceptors (Lipinski definition) is 5. The number of carbonyl (C=O) groups excluding carboxylic acids is 2. The zero-order chi connectivity index (χ0) is 26.1. The molecule has 3 aromatic rings. The van der Waals surface area contributed by atoms with E-state index in [0.717, 1.165) is 36.2 Å². The summed E-state index contributed by atoms with van der Waals surface area (Å²) in [5.41, 5.74) is 3.86. The molecule has 0 saturated heterocycles. The number of halogens is 2. The van der Waals surface area contributed by atoms with Crippen molar-refractivity contribution in [2.45, 2.75) is 6.42 Å². The molecule has 184 valence electrons. The lowest BCUT2D eigenvalue weighted by molar-refractivity contribution is 0.0682. The number of carbonyl (C=O) groups is 2. The van der Waals surface area contributed by atoms with Gasteiger partial charge in [-0.2, -0.15) is 0 Å². The molecule has 3 aromatic carbocycles. The first kappa shape index (κ1) is 25.0. The number of fused-ring (bicyclic) bond motifs is 2. The summed E-state index contributed by atoms with van der Waals surface area (Å²) in [6, 6.07) is 17.2. The second-order valence-corrected chi connectivity index (χ2v) is 10.3. The molecule has 1 aliphatic carbocycles. The third kappa shape index (κ3) is 5.10. The van der Waals surface area contributed by atoms with Crippen molar-refractivity contribution in [3.8, 4) is 11.5 Å². The normalized spacial score (nSPS) is 13.9. The molecule has 0 spiro atoms. The van der Waals surface area contributed by atoms with Crippen LogP contribution in [0, 0.1) is 0 Å². The molecule has 0 unspecified atom stereocenters. The Labute approximate surface area is 231 Å². The van der Waals surface area contributed by atoms with Gasteiger partial charge >= 0.3 is 11.9 Å². The van der Waals surface area contributed by atoms with Gasteiger partial charge in [-0.1, -0.05) is 56.7 Å². The Kier molecular flexibility index (Phi) is 7.00. The topological polar surface area (TPSA) is 55.8 Å². The average molecular weight is 619 g/mol. The van der Waals surface area contributed by atoms with Gasteiger partial charge in [0, 0.05) is 27.4 Å². The number of rotatable bonds is 5. The maximum absolute atomic E-state index is 13.0. The number of esters is 2. The Morgan fingerprint density at radius 3 is 1.97 bits per heavy atom. The standard InChI is InChI=1S/C30H21Br2NO4/c1-3-18-5-4-6-24-25-16-27(37-30(35)20-9-13-23(32)14-10-20)26(15-21(25)17-33(2)28(18)24)36-29(34)19-7-11-22(31)12-8-19/h3-5,7-17H,1,6H2,2H3. The first-order valence-corrected chi connectivity index (χ1v) is 13.0. The van der Waals surface area contributed by atoms with Gasteiger partial charge in [-0.3, -0.25) is 0 Å². The van der Waals surface area contributed by atoms with Crippen LogP contribution < -0.4 is 19.9 Å². The SMILES string of the molecule is C=CC1=C2C(=c3cc(OC(=O)c4ccc(Br)cc4)c(OC(=O)c4ccc(Br)cc4)cc3=CN2C)CC=C1. The number of allylic oxidation sites excluding steroid dienone is 5. The van der Waals surface area contributed by atoms with Crippen molar-refractivity contribution < 1.29 is 19.1 Å². The van der Waals surface area contributed by atoms with E-state index in [4.69, 9.17) is 9.47 Å². The maximum atomic E-state index is 13.0. The van der Waals surface area contributed by atoms with Crippen molar-refractivity contribution in [1.29, 1.82) is 0 Å². The molecule has 1 aliphatic heterocycles. The van der Waals surface area contributed by atoms with Crippen LogP contribution in [0.5, 0.6) is 11.5 Å². The van der Waals surface area contributed by atoms with Crippen LogP contribution in [0.2, 0.25) is 0 Å². The van der Waals surface area contributed by atoms with E-state index < -0.39 is 11.9 Å². The lowest BCUT2D eigenvalue weighted by atomic mass is 9.92. The quantitative estimate of drug-likeness (QED) is 0.264. The Balaban J connectivity index is 1.63. The van der Waals surface area contributed by atoms with Gasteiger partial charge in [-0.15, -0.1) is 0 Å². The molecule has 0 amide bonds. The number of hydrogen-bond donors (Lipinski definition) is 0. The van der Waals surface area contributed by atoms with Gasteiger partial charge < -0.3 is 14.4 Å². The fourth-order valence-corrected chi connectivity index (χ4v) is 4.87. The van der Waals surface area contributed by atoms with E-state index in [1.807, 2.05) is 30.3 Å². The summed E-state index contributed by atoms with van der Waals surface area (Å²) in [6.07, 6.45) is 8.62. The lowest BCUT2D eigenvalue weighted by Crippen LogP contribution is -2.37. The Morgan fingerprint density at radius 1 is 0.892 bits per heavy atom. The first-order chi connectivity index (χ1) is 17.8. The van der Waals surface area contributed by atoms with Crippen molar-refractivity contribution in [3.05, 3.63) is 127 Å². The van der Waals surface area contributed by atoms with Crippen molar-refractivity contribution in [2.24, 2.45) is 0 Å². The minimum absolute atomic E-state index is 0.158. The summed E-state index contributed by atoms with van der Waals surface area (Å²) < 4.78 is 13.3. The van der Waals surface area contributed by atoms with Crippen molar-refractivity contribution in [3.63, 3.8) is 0 Å². The lowest BCUT2D eigenvalue weighted by Gasteiger charge is -2.29. The molecule has 0 radical (unpaired) electrons. The van der Waals surface area contributed by atoms with Crippen LogP contribution in [-0.4, -0.2) is 23.9 Å². The fourth-order valence-electron chi connectivity index (χ4n) is 4.34. The van der Waals surface area contributed by atoms with Crippen LogP contribution in [0.15, 0.2) is 106 Å². The largest absolute Gasteiger partial charge is 0.419 e. The summed E-state index contributed by atoms with van der Waals surface area (Å²) >= 11 is 6.75. The Morgan fingerprint density at radius 2 is 1.43 bits per heavy atom. The molecule has 2 aliphatic rings. The molecule has 0 saturated carbocycles. The molecular formula is C30H21Br2NO4. The van der Waals surface area contributed by atoms with Gasteiger partial charge in [-0.05, 0) is 83.4 Å². The van der Waals surface area contributed by atoms with E-state index in [1.165, 1.54) is 0 Å². The molecule has 37 heavy (non-hydrogen) atoms. The van der Waals surface area contributed by atoms with Crippen molar-refractivity contribution in [1.82, 2.24) is 4.90 Å². The van der Waals surface area contributed by atoms with Crippen LogP contribution in [0.3, 0.4) is 0 Å². The molecule has 0 aromatic heterocycles. The minimum atomic E-state index is -0.555. The van der Waals surface area contributed by atoms with E-state index in [9.17, 15) is 9.59 Å². The highest BCUT2D eigenvalue weighted by atomic mass is 79.9. The number of benzene rings is 3. The monoisotopic (exact) mass is 617 g/mol. The maximum Gasteiger partial charge on any atom is 0.343 e. The van der Waals surface area contributed by atoms with Gasteiger partial charge in [0.15, 0.2) is 11.5 Å². The van der Waals surface area contributed by atoms with Gasteiger partial charge in [0.2, 0.25) is 0 Å². The average Bonchev–Trinajstić information content (AvgIpc) is 2.89. The van der Waals surface area contributed by atoms with E-state index in [2.05, 4.69) is 44.5 Å². The highest BCUT2D eigenvalue weighted by Crippen LogP contribution is 2.32. The molecule has 5 rings (SSSR count). The van der Waals surface area contributed by atoms with E-state index in [1.54, 1.807) is 60.7 Å². The van der Waals surface area contributed by atoms with Crippen LogP contribution >= 0.6 is 31.9 Å². The summed E-state index contributed by atoms with van der Waals surface area (Å²) in [6.45, 7) is 3.95. The highest BCUT2D eigenvalue weighted by Gasteiger charge is 2.23. The Hall–Kier alpha value is -3.68. The highest BCUT2D eigenvalue weighted by molar-refractivity contribution is 9.10. The number of nitrogens with zero attached hydrogens (tertiary/aromatic N) is 1. The molecule has 0 N–H and O–H groups in total. The molecule has 0 bridgehead atoms. The van der Waals surface area contributed by atoms with Gasteiger partial charge in [0.1, 0.15) is 0 Å². The summed E-state index contributed by atoms with van der Waals surface area (Å²) in [5.74, 6) is -0.788. The van der Waals surface area contributed by atoms with Crippen LogP contribution in [-0.2, 0) is 0 Å². The number of ether oxygens (including phenoxy) is 2. The minimum Gasteiger partial charge on any atom is -0.419 e. The second kappa shape index (κ2) is 10.4. The predicted molar refractivity (Wildman–Crippen MR) is 151 cm³/mol. The third-order valence-electron chi connectivity index (χ3n) is 6.09. The Bertz CT molecular complexity index is 1620. The molecule has 7 heteroatoms. The summed E-state index contributed by atoms with van der Waals surface area (Å²) in [7, 11) is 1.97. The van der Waals surface area contributed by atoms with E-state index >= 15 is 0 Å². The summed E-state index contributed by atoms with van der Waals surface area (Å²) in [5, 5.41) is 1.75. The van der Waals surface area contributed by atoms with Crippen LogP contribution in [0.1, 0.15) is 27.1 Å². The van der Waals surface area contributed by atoms with Gasteiger partial charge in [0.05, 0.1) is 16.8 Å². The third-order valence-corrected chi connectivity index (χ3v) is 7.15. The second-order valence-electron chi connectivity index (χ2n) is 8.51. The summed E-state index contributed by atoms with van der Waals surface area (Å²) in [4.78, 5) is 28.0. The van der Waals surface area contributed by atoms with Gasteiger partial charge in [-0.25, -0.2) is 9.59 Å².